The first-order chi connectivity index (χ1) is 13.4. The zero-order chi connectivity index (χ0) is 20.1. The van der Waals surface area contributed by atoms with E-state index < -0.39 is 0 Å². The molecule has 152 valence electrons. The van der Waals surface area contributed by atoms with Crippen LogP contribution in [0.5, 0.6) is 0 Å². The van der Waals surface area contributed by atoms with Crippen molar-refractivity contribution < 1.29 is 19.1 Å². The summed E-state index contributed by atoms with van der Waals surface area (Å²) in [7, 11) is 1.64. The molecule has 2 saturated heterocycles. The molecular formula is C21H29N3O4. The van der Waals surface area contributed by atoms with Crippen LogP contribution in [0.15, 0.2) is 24.3 Å². The number of nitrogens with one attached hydrogen (secondary N) is 1. The van der Waals surface area contributed by atoms with E-state index in [0.29, 0.717) is 50.5 Å². The molecule has 7 heteroatoms. The molecule has 0 radical (unpaired) electrons. The van der Waals surface area contributed by atoms with Gasteiger partial charge in [-0.25, -0.2) is 4.79 Å². The summed E-state index contributed by atoms with van der Waals surface area (Å²) < 4.78 is 5.13. The van der Waals surface area contributed by atoms with Crippen LogP contribution in [0.25, 0.3) is 0 Å². The zero-order valence-corrected chi connectivity index (χ0v) is 16.7. The molecule has 1 aromatic rings. The number of nitrogens with zero attached hydrogens (tertiary/aromatic N) is 2. The Bertz CT molecular complexity index is 734. The van der Waals surface area contributed by atoms with Crippen molar-refractivity contribution in [1.29, 1.82) is 0 Å². The monoisotopic (exact) mass is 387 g/mol. The zero-order valence-electron chi connectivity index (χ0n) is 16.7. The van der Waals surface area contributed by atoms with Gasteiger partial charge >= 0.3 is 6.03 Å². The van der Waals surface area contributed by atoms with E-state index >= 15 is 0 Å². The summed E-state index contributed by atoms with van der Waals surface area (Å²) in [6.45, 7) is 4.71. The molecule has 2 fully saturated rings. The van der Waals surface area contributed by atoms with E-state index in [1.807, 2.05) is 9.80 Å². The first kappa shape index (κ1) is 20.3. The summed E-state index contributed by atoms with van der Waals surface area (Å²) in [5, 5.41) is 2.93. The van der Waals surface area contributed by atoms with E-state index in [4.69, 9.17) is 4.74 Å². The van der Waals surface area contributed by atoms with Gasteiger partial charge in [0.25, 0.3) is 0 Å². The lowest BCUT2D eigenvalue weighted by atomic mass is 9.73. The van der Waals surface area contributed by atoms with E-state index in [-0.39, 0.29) is 23.1 Å². The number of anilines is 1. The standard InChI is InChI=1S/C21H29N3O4/c1-16(25)17-4-6-18(7-5-17)22-20(27)24-11-3-9-21(15-24)10-8-19(26)23(14-21)12-13-28-2/h4-7H,3,8-15H2,1-2H3,(H,22,27)/t21-/m0/s1. The van der Waals surface area contributed by atoms with Crippen LogP contribution in [0.1, 0.15) is 43.0 Å². The predicted octanol–water partition coefficient (Wildman–Crippen LogP) is 2.77. The van der Waals surface area contributed by atoms with Crippen LogP contribution < -0.4 is 5.32 Å². The number of carbonyl (C=O) groups excluding carboxylic acids is 3. The molecule has 1 atom stereocenters. The highest BCUT2D eigenvalue weighted by atomic mass is 16.5. The lowest BCUT2D eigenvalue weighted by Crippen LogP contribution is -2.56. The fraction of sp³-hybridized carbons (Fsp3) is 0.571. The van der Waals surface area contributed by atoms with Gasteiger partial charge in [-0.1, -0.05) is 0 Å². The Kier molecular flexibility index (Phi) is 6.34. The summed E-state index contributed by atoms with van der Waals surface area (Å²) in [6.07, 6.45) is 3.32. The number of amides is 3. The first-order valence-corrected chi connectivity index (χ1v) is 9.86. The number of hydrogen-bond acceptors (Lipinski definition) is 4. The Balaban J connectivity index is 1.62. The quantitative estimate of drug-likeness (QED) is 0.788. The van der Waals surface area contributed by atoms with Gasteiger partial charge in [-0.15, -0.1) is 0 Å². The number of rotatable bonds is 5. The fourth-order valence-corrected chi connectivity index (χ4v) is 4.21. The van der Waals surface area contributed by atoms with Crippen molar-refractivity contribution >= 4 is 23.4 Å². The van der Waals surface area contributed by atoms with Crippen LogP contribution in [-0.2, 0) is 9.53 Å². The number of hydrogen-bond donors (Lipinski definition) is 1. The molecule has 1 spiro atoms. The third kappa shape index (κ3) is 4.70. The third-order valence-corrected chi connectivity index (χ3v) is 5.80. The Morgan fingerprint density at radius 2 is 1.93 bits per heavy atom. The van der Waals surface area contributed by atoms with Gasteiger partial charge in [0.2, 0.25) is 5.91 Å². The summed E-state index contributed by atoms with van der Waals surface area (Å²) in [4.78, 5) is 40.1. The Morgan fingerprint density at radius 3 is 2.61 bits per heavy atom. The van der Waals surface area contributed by atoms with E-state index in [2.05, 4.69) is 5.32 Å². The van der Waals surface area contributed by atoms with Crippen molar-refractivity contribution in [2.75, 3.05) is 45.2 Å². The van der Waals surface area contributed by atoms with Crippen molar-refractivity contribution in [3.8, 4) is 0 Å². The minimum absolute atomic E-state index is 0.000668. The molecule has 2 heterocycles. The second-order valence-electron chi connectivity index (χ2n) is 7.90. The highest BCUT2D eigenvalue weighted by molar-refractivity contribution is 5.95. The maximum absolute atomic E-state index is 12.8. The SMILES string of the molecule is COCCN1C[C@]2(CCCN(C(=O)Nc3ccc(C(C)=O)cc3)C2)CCC1=O. The number of benzene rings is 1. The Morgan fingerprint density at radius 1 is 1.18 bits per heavy atom. The second kappa shape index (κ2) is 8.73. The lowest BCUT2D eigenvalue weighted by Gasteiger charge is -2.48. The molecule has 0 bridgehead atoms. The molecular weight excluding hydrogens is 358 g/mol. The number of carbonyl (C=O) groups is 3. The van der Waals surface area contributed by atoms with Gasteiger partial charge in [-0.2, -0.15) is 0 Å². The number of ether oxygens (including phenoxy) is 1. The second-order valence-corrected chi connectivity index (χ2v) is 7.90. The number of ketones is 1. The molecule has 3 rings (SSSR count). The van der Waals surface area contributed by atoms with Crippen LogP contribution in [-0.4, -0.2) is 67.4 Å². The molecule has 1 N–H and O–H groups in total. The summed E-state index contributed by atoms with van der Waals surface area (Å²) >= 11 is 0. The molecule has 3 amide bonds. The van der Waals surface area contributed by atoms with E-state index in [0.717, 1.165) is 19.3 Å². The van der Waals surface area contributed by atoms with Gasteiger partial charge in [0.1, 0.15) is 0 Å². The Hall–Kier alpha value is -2.41. The number of methoxy groups -OCH3 is 1. The summed E-state index contributed by atoms with van der Waals surface area (Å²) in [6, 6.07) is 6.81. The van der Waals surface area contributed by atoms with Gasteiger partial charge < -0.3 is 19.9 Å². The molecule has 2 aliphatic rings. The van der Waals surface area contributed by atoms with Crippen LogP contribution in [0.4, 0.5) is 10.5 Å². The third-order valence-electron chi connectivity index (χ3n) is 5.80. The van der Waals surface area contributed by atoms with Crippen LogP contribution >= 0.6 is 0 Å². The van der Waals surface area contributed by atoms with Crippen molar-refractivity contribution in [1.82, 2.24) is 9.80 Å². The van der Waals surface area contributed by atoms with Crippen LogP contribution in [0.3, 0.4) is 0 Å². The van der Waals surface area contributed by atoms with Crippen molar-refractivity contribution in [2.45, 2.75) is 32.6 Å². The molecule has 0 aliphatic carbocycles. The number of likely N-dealkylation sites (tertiary alicyclic amines) is 2. The van der Waals surface area contributed by atoms with Crippen molar-refractivity contribution in [2.24, 2.45) is 5.41 Å². The predicted molar refractivity (Wildman–Crippen MR) is 106 cm³/mol. The van der Waals surface area contributed by atoms with E-state index in [1.54, 1.807) is 31.4 Å². The minimum Gasteiger partial charge on any atom is -0.383 e. The highest BCUT2D eigenvalue weighted by Crippen LogP contribution is 2.39. The maximum atomic E-state index is 12.8. The number of urea groups is 1. The molecule has 1 aromatic carbocycles. The summed E-state index contributed by atoms with van der Waals surface area (Å²) in [5.41, 5.74) is 1.27. The largest absolute Gasteiger partial charge is 0.383 e. The van der Waals surface area contributed by atoms with E-state index in [1.165, 1.54) is 6.92 Å². The smallest absolute Gasteiger partial charge is 0.321 e. The molecule has 7 nitrogen and oxygen atoms in total. The van der Waals surface area contributed by atoms with E-state index in [9.17, 15) is 14.4 Å². The molecule has 28 heavy (non-hydrogen) atoms. The fourth-order valence-electron chi connectivity index (χ4n) is 4.21. The maximum Gasteiger partial charge on any atom is 0.321 e. The lowest BCUT2D eigenvalue weighted by molar-refractivity contribution is -0.139. The van der Waals surface area contributed by atoms with Gasteiger partial charge in [0.05, 0.1) is 6.61 Å². The number of Topliss-reactive ketones (excluding diaryl/α,β-unsaturated/α-hetero) is 1. The average Bonchev–Trinajstić information content (AvgIpc) is 2.69. The molecule has 2 aliphatic heterocycles. The highest BCUT2D eigenvalue weighted by Gasteiger charge is 2.42. The van der Waals surface area contributed by atoms with Crippen molar-refractivity contribution in [3.05, 3.63) is 29.8 Å². The van der Waals surface area contributed by atoms with Gasteiger partial charge in [-0.3, -0.25) is 9.59 Å². The van der Waals surface area contributed by atoms with Crippen LogP contribution in [0, 0.1) is 5.41 Å². The van der Waals surface area contributed by atoms with Gasteiger partial charge in [-0.05, 0) is 50.5 Å². The average molecular weight is 387 g/mol. The topological polar surface area (TPSA) is 79.0 Å². The van der Waals surface area contributed by atoms with Crippen LogP contribution in [0.2, 0.25) is 0 Å². The first-order valence-electron chi connectivity index (χ1n) is 9.86. The molecule has 0 aromatic heterocycles. The normalized spacial score (nSPS) is 22.4. The Labute approximate surface area is 166 Å². The minimum atomic E-state index is -0.130. The van der Waals surface area contributed by atoms with Gasteiger partial charge in [0.15, 0.2) is 5.78 Å². The summed E-state index contributed by atoms with van der Waals surface area (Å²) in [5.74, 6) is 0.176. The molecule has 0 unspecified atom stereocenters. The van der Waals surface area contributed by atoms with Crippen molar-refractivity contribution in [3.63, 3.8) is 0 Å². The number of piperidine rings is 2. The van der Waals surface area contributed by atoms with Gasteiger partial charge in [0, 0.05) is 56.4 Å². The molecule has 0 saturated carbocycles.